The molecular weight excluding hydrogens is 180 g/mol. The van der Waals surface area contributed by atoms with E-state index in [9.17, 15) is 4.79 Å². The summed E-state index contributed by atoms with van der Waals surface area (Å²) in [6.07, 6.45) is 7.02. The van der Waals surface area contributed by atoms with Crippen LogP contribution in [-0.4, -0.2) is 17.3 Å². The van der Waals surface area contributed by atoms with Crippen LogP contribution in [0.4, 0.5) is 0 Å². The fourth-order valence-corrected chi connectivity index (χ4v) is 2.58. The lowest BCUT2D eigenvalue weighted by Crippen LogP contribution is -2.18. The topological polar surface area (TPSA) is 17.1 Å². The van der Waals surface area contributed by atoms with Gasteiger partial charge in [0.05, 0.1) is 0 Å². The van der Waals surface area contributed by atoms with E-state index < -0.39 is 0 Å². The van der Waals surface area contributed by atoms with Crippen LogP contribution in [0.5, 0.6) is 0 Å². The van der Waals surface area contributed by atoms with Crippen molar-refractivity contribution in [3.05, 3.63) is 0 Å². The van der Waals surface area contributed by atoms with Gasteiger partial charge in [0.25, 0.3) is 0 Å². The first kappa shape index (κ1) is 11.1. The van der Waals surface area contributed by atoms with Crippen molar-refractivity contribution in [1.29, 1.82) is 0 Å². The van der Waals surface area contributed by atoms with Crippen molar-refractivity contribution in [3.8, 4) is 0 Å². The summed E-state index contributed by atoms with van der Waals surface area (Å²) in [5.41, 5.74) is 0. The molecule has 1 nitrogen and oxygen atoms in total. The van der Waals surface area contributed by atoms with Crippen LogP contribution in [0.3, 0.4) is 0 Å². The van der Waals surface area contributed by atoms with Crippen LogP contribution < -0.4 is 0 Å². The number of hydrogen-bond acceptors (Lipinski definition) is 2. The molecule has 0 saturated heterocycles. The number of carbonyl (C=O) groups excluding carboxylic acids is 1. The van der Waals surface area contributed by atoms with E-state index in [2.05, 4.69) is 6.92 Å². The molecule has 1 aliphatic carbocycles. The molecule has 1 saturated carbocycles. The van der Waals surface area contributed by atoms with Crippen molar-refractivity contribution in [2.45, 2.75) is 45.4 Å². The Labute approximate surface area is 85.7 Å². The monoisotopic (exact) mass is 200 g/mol. The fraction of sp³-hybridized carbons (Fsp3) is 0.909. The molecule has 0 unspecified atom stereocenters. The van der Waals surface area contributed by atoms with Crippen molar-refractivity contribution in [3.63, 3.8) is 0 Å². The van der Waals surface area contributed by atoms with E-state index in [1.807, 2.05) is 11.8 Å². The summed E-state index contributed by atoms with van der Waals surface area (Å²) in [6.45, 7) is 2.15. The van der Waals surface area contributed by atoms with Gasteiger partial charge in [-0.25, -0.2) is 0 Å². The number of hydrogen-bond donors (Lipinski definition) is 0. The van der Waals surface area contributed by atoms with Gasteiger partial charge in [-0.2, -0.15) is 11.8 Å². The molecule has 0 atom stereocenters. The first-order valence-corrected chi connectivity index (χ1v) is 6.60. The first-order chi connectivity index (χ1) is 6.34. The lowest BCUT2D eigenvalue weighted by atomic mass is 9.85. The number of ketones is 1. The molecule has 13 heavy (non-hydrogen) atoms. The Morgan fingerprint density at radius 3 is 2.62 bits per heavy atom. The minimum Gasteiger partial charge on any atom is -0.299 e. The maximum absolute atomic E-state index is 11.7. The zero-order chi connectivity index (χ0) is 9.52. The highest BCUT2D eigenvalue weighted by molar-refractivity contribution is 7.99. The summed E-state index contributed by atoms with van der Waals surface area (Å²) in [4.78, 5) is 11.7. The van der Waals surface area contributed by atoms with Gasteiger partial charge in [-0.05, 0) is 18.6 Å². The molecule has 0 aromatic carbocycles. The van der Waals surface area contributed by atoms with Gasteiger partial charge in [0, 0.05) is 18.1 Å². The second-order valence-corrected chi connectivity index (χ2v) is 5.14. The summed E-state index contributed by atoms with van der Waals surface area (Å²) >= 11 is 1.88. The van der Waals surface area contributed by atoms with Gasteiger partial charge in [-0.15, -0.1) is 0 Å². The SMILES string of the molecule is CCSCCC(=O)C1CCCCC1. The molecule has 0 bridgehead atoms. The average Bonchev–Trinajstić information content (AvgIpc) is 2.19. The van der Waals surface area contributed by atoms with Gasteiger partial charge in [0.2, 0.25) is 0 Å². The van der Waals surface area contributed by atoms with Crippen molar-refractivity contribution in [2.75, 3.05) is 11.5 Å². The third-order valence-corrected chi connectivity index (χ3v) is 3.66. The second-order valence-electron chi connectivity index (χ2n) is 3.75. The smallest absolute Gasteiger partial charge is 0.136 e. The highest BCUT2D eigenvalue weighted by Gasteiger charge is 2.19. The van der Waals surface area contributed by atoms with Crippen molar-refractivity contribution < 1.29 is 4.79 Å². The predicted octanol–water partition coefficient (Wildman–Crippen LogP) is 3.28. The lowest BCUT2D eigenvalue weighted by Gasteiger charge is -2.19. The summed E-state index contributed by atoms with van der Waals surface area (Å²) in [5, 5.41) is 0. The van der Waals surface area contributed by atoms with E-state index in [-0.39, 0.29) is 0 Å². The maximum atomic E-state index is 11.7. The van der Waals surface area contributed by atoms with Crippen LogP contribution in [0.1, 0.15) is 45.4 Å². The van der Waals surface area contributed by atoms with Gasteiger partial charge in [-0.3, -0.25) is 4.79 Å². The zero-order valence-electron chi connectivity index (χ0n) is 8.55. The van der Waals surface area contributed by atoms with Crippen LogP contribution >= 0.6 is 11.8 Å². The van der Waals surface area contributed by atoms with Crippen LogP contribution in [0.15, 0.2) is 0 Å². The van der Waals surface area contributed by atoms with Crippen molar-refractivity contribution in [2.24, 2.45) is 5.92 Å². The van der Waals surface area contributed by atoms with Gasteiger partial charge in [0.15, 0.2) is 0 Å². The Balaban J connectivity index is 2.13. The summed E-state index contributed by atoms with van der Waals surface area (Å²) < 4.78 is 0. The minimum absolute atomic E-state index is 0.422. The van der Waals surface area contributed by atoms with Crippen LogP contribution in [0.2, 0.25) is 0 Å². The molecule has 0 amide bonds. The molecule has 0 N–H and O–H groups in total. The molecule has 0 radical (unpaired) electrons. The quantitative estimate of drug-likeness (QED) is 0.634. The third kappa shape index (κ3) is 4.17. The van der Waals surface area contributed by atoms with E-state index in [1.54, 1.807) is 0 Å². The number of carbonyl (C=O) groups is 1. The summed E-state index contributed by atoms with van der Waals surface area (Å²) in [7, 11) is 0. The molecule has 0 aromatic rings. The van der Waals surface area contributed by atoms with Gasteiger partial charge >= 0.3 is 0 Å². The van der Waals surface area contributed by atoms with Crippen LogP contribution in [0.25, 0.3) is 0 Å². The molecule has 0 aromatic heterocycles. The highest BCUT2D eigenvalue weighted by atomic mass is 32.2. The van der Waals surface area contributed by atoms with E-state index in [1.165, 1.54) is 19.3 Å². The summed E-state index contributed by atoms with van der Waals surface area (Å²) in [5.74, 6) is 3.12. The van der Waals surface area contributed by atoms with Gasteiger partial charge in [-0.1, -0.05) is 26.2 Å². The van der Waals surface area contributed by atoms with Gasteiger partial charge < -0.3 is 0 Å². The lowest BCUT2D eigenvalue weighted by molar-refractivity contribution is -0.123. The number of thioether (sulfide) groups is 1. The fourth-order valence-electron chi connectivity index (χ4n) is 1.95. The Bertz CT molecular complexity index is 150. The number of Topliss-reactive ketones (excluding diaryl/α,β-unsaturated/α-hetero) is 1. The zero-order valence-corrected chi connectivity index (χ0v) is 9.37. The molecule has 76 valence electrons. The van der Waals surface area contributed by atoms with Crippen molar-refractivity contribution in [1.82, 2.24) is 0 Å². The Hall–Kier alpha value is 0.0200. The number of rotatable bonds is 5. The minimum atomic E-state index is 0.422. The van der Waals surface area contributed by atoms with E-state index in [0.29, 0.717) is 11.7 Å². The molecule has 0 spiro atoms. The largest absolute Gasteiger partial charge is 0.299 e. The third-order valence-electron chi connectivity index (χ3n) is 2.76. The first-order valence-electron chi connectivity index (χ1n) is 5.45. The molecule has 2 heteroatoms. The average molecular weight is 200 g/mol. The van der Waals surface area contributed by atoms with E-state index in [4.69, 9.17) is 0 Å². The highest BCUT2D eigenvalue weighted by Crippen LogP contribution is 2.25. The van der Waals surface area contributed by atoms with Crippen LogP contribution in [0, 0.1) is 5.92 Å². The normalized spacial score (nSPS) is 18.8. The molecular formula is C11H20OS. The van der Waals surface area contributed by atoms with Gasteiger partial charge in [0.1, 0.15) is 5.78 Å². The Kier molecular flexibility index (Phi) is 5.52. The standard InChI is InChI=1S/C11H20OS/c1-2-13-9-8-11(12)10-6-4-3-5-7-10/h10H,2-9H2,1H3. The molecule has 0 heterocycles. The van der Waals surface area contributed by atoms with E-state index >= 15 is 0 Å². The molecule has 1 rings (SSSR count). The maximum Gasteiger partial charge on any atom is 0.136 e. The second kappa shape index (κ2) is 6.47. The Morgan fingerprint density at radius 2 is 2.00 bits per heavy atom. The predicted molar refractivity (Wildman–Crippen MR) is 59.2 cm³/mol. The van der Waals surface area contributed by atoms with Crippen LogP contribution in [-0.2, 0) is 4.79 Å². The van der Waals surface area contributed by atoms with Crippen molar-refractivity contribution >= 4 is 17.5 Å². The molecule has 0 aliphatic heterocycles. The molecule has 1 aliphatic rings. The Morgan fingerprint density at radius 1 is 1.31 bits per heavy atom. The summed E-state index contributed by atoms with van der Waals surface area (Å²) in [6, 6.07) is 0. The van der Waals surface area contributed by atoms with E-state index in [0.717, 1.165) is 30.8 Å². The molecule has 1 fully saturated rings.